The summed E-state index contributed by atoms with van der Waals surface area (Å²) in [5, 5.41) is 0. The van der Waals surface area contributed by atoms with Gasteiger partial charge in [0, 0.05) is 5.41 Å². The molecule has 0 radical (unpaired) electrons. The molecule has 3 aromatic carbocycles. The third kappa shape index (κ3) is 5.91. The van der Waals surface area contributed by atoms with Crippen molar-refractivity contribution in [1.82, 2.24) is 0 Å². The fraction of sp³-hybridized carbons (Fsp3) is 0.263. The fourth-order valence-corrected chi connectivity index (χ4v) is 5.37. The van der Waals surface area contributed by atoms with E-state index in [-0.39, 0.29) is 5.41 Å². The minimum Gasteiger partial charge on any atom is -0.0990 e. The second-order valence-corrected chi connectivity index (χ2v) is 10.4. The smallest absolute Gasteiger partial charge is 0.0155 e. The normalized spacial score (nSPS) is 14.2. The molecule has 0 saturated heterocycles. The largest absolute Gasteiger partial charge is 0.0990 e. The quantitative estimate of drug-likeness (QED) is 0.283. The van der Waals surface area contributed by atoms with E-state index in [2.05, 4.69) is 126 Å². The Labute approximate surface area is 231 Å². The molecule has 1 aliphatic carbocycles. The van der Waals surface area contributed by atoms with Gasteiger partial charge in [-0.2, -0.15) is 0 Å². The van der Waals surface area contributed by atoms with Crippen molar-refractivity contribution in [3.63, 3.8) is 0 Å². The molecular weight excluding hydrogens is 456 g/mol. The first-order chi connectivity index (χ1) is 18.3. The van der Waals surface area contributed by atoms with E-state index in [1.54, 1.807) is 0 Å². The number of hydrogen-bond donors (Lipinski definition) is 0. The lowest BCUT2D eigenvalue weighted by molar-refractivity contribution is 0.653. The highest BCUT2D eigenvalue weighted by Crippen LogP contribution is 2.49. The van der Waals surface area contributed by atoms with Crippen LogP contribution < -0.4 is 0 Å². The Morgan fingerprint density at radius 1 is 0.816 bits per heavy atom. The van der Waals surface area contributed by atoms with Crippen LogP contribution in [-0.4, -0.2) is 0 Å². The van der Waals surface area contributed by atoms with Crippen LogP contribution in [0.25, 0.3) is 33.4 Å². The van der Waals surface area contributed by atoms with E-state index in [0.717, 1.165) is 6.42 Å². The van der Waals surface area contributed by atoms with E-state index >= 15 is 0 Å². The monoisotopic (exact) mass is 500 g/mol. The van der Waals surface area contributed by atoms with Gasteiger partial charge in [-0.1, -0.05) is 138 Å². The molecule has 0 aliphatic heterocycles. The molecule has 0 bridgehead atoms. The van der Waals surface area contributed by atoms with E-state index in [1.807, 2.05) is 32.9 Å². The SMILES string of the molecule is C=C/C=C(\C=C/C)c1ccc(-c2ccc(-c3ccc4c(c3)C(C)(C)C(C=C(C)C)=C4CC)cc2)cc1.CC. The Morgan fingerprint density at radius 2 is 1.34 bits per heavy atom. The first-order valence-electron chi connectivity index (χ1n) is 14.0. The second kappa shape index (κ2) is 12.7. The number of rotatable bonds is 7. The maximum Gasteiger partial charge on any atom is 0.0155 e. The Balaban J connectivity index is 0.00000195. The highest BCUT2D eigenvalue weighted by Gasteiger charge is 2.36. The summed E-state index contributed by atoms with van der Waals surface area (Å²) in [4.78, 5) is 0. The van der Waals surface area contributed by atoms with Crippen LogP contribution in [0.1, 0.15) is 78.5 Å². The van der Waals surface area contributed by atoms with Crippen molar-refractivity contribution in [3.8, 4) is 22.3 Å². The van der Waals surface area contributed by atoms with Gasteiger partial charge in [-0.05, 0) is 88.9 Å². The molecule has 196 valence electrons. The standard InChI is InChI=1S/C36H38.C2H6/c1-8-11-26(12-9-2)27-13-15-28(16-14-27)29-17-19-30(20-18-29)31-21-22-33-32(10-3)34(23-25(4)5)36(6,7)35(33)24-31;1-2/h8-9,11-24H,1,10H2,2-7H3;1-2H3/b12-9-,26-11+;. The Kier molecular flexibility index (Phi) is 9.70. The van der Waals surface area contributed by atoms with Gasteiger partial charge in [0.25, 0.3) is 0 Å². The molecule has 0 fully saturated rings. The van der Waals surface area contributed by atoms with Gasteiger partial charge in [-0.3, -0.25) is 0 Å². The summed E-state index contributed by atoms with van der Waals surface area (Å²) >= 11 is 0. The summed E-state index contributed by atoms with van der Waals surface area (Å²) in [6.07, 6.45) is 11.5. The van der Waals surface area contributed by atoms with Crippen molar-refractivity contribution in [1.29, 1.82) is 0 Å². The van der Waals surface area contributed by atoms with E-state index in [1.165, 1.54) is 61.2 Å². The fourth-order valence-electron chi connectivity index (χ4n) is 5.37. The molecule has 0 aromatic heterocycles. The van der Waals surface area contributed by atoms with Gasteiger partial charge in [-0.15, -0.1) is 0 Å². The first kappa shape index (κ1) is 28.9. The number of allylic oxidation sites excluding steroid dienone is 9. The van der Waals surface area contributed by atoms with Crippen LogP contribution in [0, 0.1) is 0 Å². The summed E-state index contributed by atoms with van der Waals surface area (Å²) in [5.74, 6) is 0. The van der Waals surface area contributed by atoms with Crippen molar-refractivity contribution >= 4 is 11.1 Å². The lowest BCUT2D eigenvalue weighted by Crippen LogP contribution is -2.16. The van der Waals surface area contributed by atoms with Crippen LogP contribution >= 0.6 is 0 Å². The Morgan fingerprint density at radius 3 is 1.84 bits per heavy atom. The average Bonchev–Trinajstić information content (AvgIpc) is 3.14. The Hall–Kier alpha value is -3.64. The minimum atomic E-state index is 0.0154. The van der Waals surface area contributed by atoms with Crippen molar-refractivity contribution in [2.45, 2.75) is 67.2 Å². The summed E-state index contributed by atoms with van der Waals surface area (Å²) in [5.41, 5.74) is 14.5. The van der Waals surface area contributed by atoms with Crippen LogP contribution in [-0.2, 0) is 5.41 Å². The lowest BCUT2D eigenvalue weighted by Gasteiger charge is -2.24. The molecular formula is C38H44. The first-order valence-corrected chi connectivity index (χ1v) is 14.0. The molecule has 3 aromatic rings. The van der Waals surface area contributed by atoms with E-state index < -0.39 is 0 Å². The third-order valence-corrected chi connectivity index (χ3v) is 7.22. The Bertz CT molecular complexity index is 1380. The van der Waals surface area contributed by atoms with Crippen LogP contribution in [0.4, 0.5) is 0 Å². The molecule has 0 nitrogen and oxygen atoms in total. The highest BCUT2D eigenvalue weighted by molar-refractivity contribution is 5.85. The highest BCUT2D eigenvalue weighted by atomic mass is 14.4. The van der Waals surface area contributed by atoms with Crippen molar-refractivity contribution in [2.75, 3.05) is 0 Å². The zero-order valence-corrected chi connectivity index (χ0v) is 24.7. The maximum absolute atomic E-state index is 3.84. The van der Waals surface area contributed by atoms with Crippen LogP contribution in [0.2, 0.25) is 0 Å². The van der Waals surface area contributed by atoms with Gasteiger partial charge < -0.3 is 0 Å². The number of hydrogen-bond acceptors (Lipinski definition) is 0. The maximum atomic E-state index is 3.84. The molecule has 0 N–H and O–H groups in total. The van der Waals surface area contributed by atoms with Crippen molar-refractivity contribution < 1.29 is 0 Å². The van der Waals surface area contributed by atoms with Crippen LogP contribution in [0.3, 0.4) is 0 Å². The molecule has 0 amide bonds. The summed E-state index contributed by atoms with van der Waals surface area (Å²) in [7, 11) is 0. The molecule has 1 aliphatic rings. The van der Waals surface area contributed by atoms with E-state index in [4.69, 9.17) is 0 Å². The molecule has 0 spiro atoms. The van der Waals surface area contributed by atoms with Gasteiger partial charge in [0.2, 0.25) is 0 Å². The lowest BCUT2D eigenvalue weighted by atomic mass is 9.79. The molecule has 38 heavy (non-hydrogen) atoms. The minimum absolute atomic E-state index is 0.0154. The van der Waals surface area contributed by atoms with E-state index in [9.17, 15) is 0 Å². The van der Waals surface area contributed by atoms with Crippen LogP contribution in [0.5, 0.6) is 0 Å². The molecule has 0 heteroatoms. The number of fused-ring (bicyclic) bond motifs is 1. The zero-order chi connectivity index (χ0) is 27.9. The molecule has 0 unspecified atom stereocenters. The van der Waals surface area contributed by atoms with Crippen molar-refractivity contribution in [3.05, 3.63) is 132 Å². The van der Waals surface area contributed by atoms with Gasteiger partial charge in [0.15, 0.2) is 0 Å². The number of benzene rings is 3. The molecule has 0 saturated carbocycles. The predicted molar refractivity (Wildman–Crippen MR) is 171 cm³/mol. The summed E-state index contributed by atoms with van der Waals surface area (Å²) in [6.45, 7) is 21.3. The zero-order valence-electron chi connectivity index (χ0n) is 24.7. The summed E-state index contributed by atoms with van der Waals surface area (Å²) < 4.78 is 0. The average molecular weight is 501 g/mol. The van der Waals surface area contributed by atoms with E-state index in [0.29, 0.717) is 0 Å². The molecule has 0 heterocycles. The second-order valence-electron chi connectivity index (χ2n) is 10.4. The summed E-state index contributed by atoms with van der Waals surface area (Å²) in [6, 6.07) is 24.8. The molecule has 4 rings (SSSR count). The van der Waals surface area contributed by atoms with Gasteiger partial charge in [-0.25, -0.2) is 0 Å². The molecule has 0 atom stereocenters. The predicted octanol–water partition coefficient (Wildman–Crippen LogP) is 11.6. The van der Waals surface area contributed by atoms with Gasteiger partial charge in [0.1, 0.15) is 0 Å². The van der Waals surface area contributed by atoms with Crippen LogP contribution in [0.15, 0.2) is 115 Å². The van der Waals surface area contributed by atoms with Gasteiger partial charge in [0.05, 0.1) is 0 Å². The van der Waals surface area contributed by atoms with Gasteiger partial charge >= 0.3 is 0 Å². The third-order valence-electron chi connectivity index (χ3n) is 7.22. The topological polar surface area (TPSA) is 0 Å². The van der Waals surface area contributed by atoms with Crippen molar-refractivity contribution in [2.24, 2.45) is 0 Å².